The molecule has 1 fully saturated rings. The molecule has 0 heterocycles. The van der Waals surface area contributed by atoms with Crippen molar-refractivity contribution >= 4 is 10.8 Å². The molecular formula is C16H25NOS. The Bertz CT molecular complexity index is 420. The Morgan fingerprint density at radius 3 is 2.58 bits per heavy atom. The highest BCUT2D eigenvalue weighted by atomic mass is 32.2. The molecular weight excluding hydrogens is 254 g/mol. The number of hydrogen-bond donors (Lipinski definition) is 1. The van der Waals surface area contributed by atoms with Crippen LogP contribution in [-0.4, -0.2) is 14.7 Å². The lowest BCUT2D eigenvalue weighted by Crippen LogP contribution is -2.35. The zero-order chi connectivity index (χ0) is 13.8. The van der Waals surface area contributed by atoms with Gasteiger partial charge < -0.3 is 5.73 Å². The van der Waals surface area contributed by atoms with Crippen molar-refractivity contribution in [3.63, 3.8) is 0 Å². The van der Waals surface area contributed by atoms with Crippen LogP contribution in [0.25, 0.3) is 0 Å². The summed E-state index contributed by atoms with van der Waals surface area (Å²) in [6, 6.07) is 9.91. The Morgan fingerprint density at radius 2 is 1.95 bits per heavy atom. The normalized spacial score (nSPS) is 28.6. The summed E-state index contributed by atoms with van der Waals surface area (Å²) >= 11 is 0. The third-order valence-corrected chi connectivity index (χ3v) is 6.38. The SMILES string of the molecule is CC1CCCC(S(=O)C(C)C(N)c2ccccc2)C1. The molecule has 106 valence electrons. The standard InChI is InChI=1S/C16H25NOS/c1-12-7-6-10-15(11-12)19(18)13(2)16(17)14-8-4-3-5-9-14/h3-5,8-9,12-13,15-16H,6-7,10-11,17H2,1-2H3. The minimum absolute atomic E-state index is 0.0256. The smallest absolute Gasteiger partial charge is 0.0515 e. The maximum Gasteiger partial charge on any atom is 0.0515 e. The first kappa shape index (κ1) is 14.7. The highest BCUT2D eigenvalue weighted by Crippen LogP contribution is 2.30. The molecule has 19 heavy (non-hydrogen) atoms. The topological polar surface area (TPSA) is 43.1 Å². The first-order chi connectivity index (χ1) is 9.09. The van der Waals surface area contributed by atoms with Crippen LogP contribution in [0.3, 0.4) is 0 Å². The molecule has 3 heteroatoms. The van der Waals surface area contributed by atoms with E-state index < -0.39 is 10.8 Å². The van der Waals surface area contributed by atoms with Crippen LogP contribution in [0.1, 0.15) is 51.1 Å². The molecule has 0 spiro atoms. The Kier molecular flexibility index (Phi) is 5.17. The van der Waals surface area contributed by atoms with Crippen molar-refractivity contribution in [3.05, 3.63) is 35.9 Å². The second-order valence-electron chi connectivity index (χ2n) is 5.86. The van der Waals surface area contributed by atoms with Crippen molar-refractivity contribution in [2.24, 2.45) is 11.7 Å². The number of rotatable bonds is 4. The van der Waals surface area contributed by atoms with E-state index >= 15 is 0 Å². The van der Waals surface area contributed by atoms with E-state index in [4.69, 9.17) is 5.73 Å². The van der Waals surface area contributed by atoms with E-state index in [0.29, 0.717) is 11.2 Å². The fraction of sp³-hybridized carbons (Fsp3) is 0.625. The van der Waals surface area contributed by atoms with Crippen LogP contribution < -0.4 is 5.73 Å². The molecule has 1 saturated carbocycles. The molecule has 1 aliphatic carbocycles. The zero-order valence-electron chi connectivity index (χ0n) is 11.9. The number of hydrogen-bond acceptors (Lipinski definition) is 2. The Labute approximate surface area is 119 Å². The van der Waals surface area contributed by atoms with Crippen molar-refractivity contribution < 1.29 is 4.21 Å². The van der Waals surface area contributed by atoms with Crippen molar-refractivity contribution in [1.82, 2.24) is 0 Å². The molecule has 1 aliphatic rings. The average molecular weight is 279 g/mol. The fourth-order valence-electron chi connectivity index (χ4n) is 2.98. The molecule has 2 nitrogen and oxygen atoms in total. The lowest BCUT2D eigenvalue weighted by Gasteiger charge is -2.30. The van der Waals surface area contributed by atoms with Crippen LogP contribution in [0.5, 0.6) is 0 Å². The van der Waals surface area contributed by atoms with Gasteiger partial charge in [0.2, 0.25) is 0 Å². The third-order valence-electron chi connectivity index (χ3n) is 4.27. The van der Waals surface area contributed by atoms with Crippen molar-refractivity contribution in [2.75, 3.05) is 0 Å². The summed E-state index contributed by atoms with van der Waals surface area (Å²) in [6.45, 7) is 4.30. The van der Waals surface area contributed by atoms with Gasteiger partial charge in [-0.15, -0.1) is 0 Å². The van der Waals surface area contributed by atoms with Gasteiger partial charge in [-0.3, -0.25) is 4.21 Å². The van der Waals surface area contributed by atoms with E-state index in [2.05, 4.69) is 6.92 Å². The van der Waals surface area contributed by atoms with Crippen LogP contribution in [0.2, 0.25) is 0 Å². The number of benzene rings is 1. The van der Waals surface area contributed by atoms with Gasteiger partial charge in [0.05, 0.1) is 5.25 Å². The molecule has 5 atom stereocenters. The Balaban J connectivity index is 2.02. The van der Waals surface area contributed by atoms with Crippen molar-refractivity contribution in [2.45, 2.75) is 56.1 Å². The largest absolute Gasteiger partial charge is 0.323 e. The van der Waals surface area contributed by atoms with Gasteiger partial charge in [-0.2, -0.15) is 0 Å². The maximum absolute atomic E-state index is 12.7. The van der Waals surface area contributed by atoms with Crippen LogP contribution in [0.4, 0.5) is 0 Å². The Morgan fingerprint density at radius 1 is 1.26 bits per heavy atom. The molecule has 0 saturated heterocycles. The molecule has 0 bridgehead atoms. The molecule has 1 aromatic carbocycles. The lowest BCUT2D eigenvalue weighted by molar-refractivity contribution is 0.387. The first-order valence-electron chi connectivity index (χ1n) is 7.29. The molecule has 0 amide bonds. The first-order valence-corrected chi connectivity index (χ1v) is 8.57. The zero-order valence-corrected chi connectivity index (χ0v) is 12.7. The summed E-state index contributed by atoms with van der Waals surface area (Å²) in [4.78, 5) is 0. The van der Waals surface area contributed by atoms with Gasteiger partial charge in [0.15, 0.2) is 0 Å². The lowest BCUT2D eigenvalue weighted by atomic mass is 9.90. The summed E-state index contributed by atoms with van der Waals surface area (Å²) in [7, 11) is -0.827. The number of nitrogens with two attached hydrogens (primary N) is 1. The van der Waals surface area contributed by atoms with Crippen LogP contribution in [0.15, 0.2) is 30.3 Å². The van der Waals surface area contributed by atoms with Crippen molar-refractivity contribution in [3.8, 4) is 0 Å². The monoisotopic (exact) mass is 279 g/mol. The predicted molar refractivity (Wildman–Crippen MR) is 82.4 cm³/mol. The maximum atomic E-state index is 12.7. The van der Waals surface area contributed by atoms with E-state index in [0.717, 1.165) is 18.4 Å². The fourth-order valence-corrected chi connectivity index (χ4v) is 4.95. The van der Waals surface area contributed by atoms with Gasteiger partial charge >= 0.3 is 0 Å². The van der Waals surface area contributed by atoms with E-state index in [1.54, 1.807) is 0 Å². The molecule has 2 rings (SSSR count). The van der Waals surface area contributed by atoms with Crippen LogP contribution in [-0.2, 0) is 10.8 Å². The summed E-state index contributed by atoms with van der Waals surface area (Å²) < 4.78 is 12.7. The van der Waals surface area contributed by atoms with Crippen LogP contribution >= 0.6 is 0 Å². The molecule has 2 N–H and O–H groups in total. The summed E-state index contributed by atoms with van der Waals surface area (Å²) in [5, 5.41) is 0.367. The molecule has 0 aromatic heterocycles. The second-order valence-corrected chi connectivity index (χ2v) is 7.93. The highest BCUT2D eigenvalue weighted by Gasteiger charge is 2.30. The van der Waals surface area contributed by atoms with E-state index in [9.17, 15) is 4.21 Å². The van der Waals surface area contributed by atoms with E-state index in [1.807, 2.05) is 37.3 Å². The summed E-state index contributed by atoms with van der Waals surface area (Å²) in [6.07, 6.45) is 4.69. The average Bonchev–Trinajstić information content (AvgIpc) is 2.46. The molecule has 0 radical (unpaired) electrons. The summed E-state index contributed by atoms with van der Waals surface area (Å²) in [5.74, 6) is 0.711. The molecule has 0 aliphatic heterocycles. The quantitative estimate of drug-likeness (QED) is 0.918. The van der Waals surface area contributed by atoms with Gasteiger partial charge in [0.1, 0.15) is 0 Å². The summed E-state index contributed by atoms with van der Waals surface area (Å²) in [5.41, 5.74) is 7.38. The van der Waals surface area contributed by atoms with Gasteiger partial charge in [-0.1, -0.05) is 50.1 Å². The molecule has 1 aromatic rings. The molecule has 5 unspecified atom stereocenters. The van der Waals surface area contributed by atoms with E-state index in [1.165, 1.54) is 12.8 Å². The second kappa shape index (κ2) is 6.67. The van der Waals surface area contributed by atoms with Gasteiger partial charge in [0.25, 0.3) is 0 Å². The highest BCUT2D eigenvalue weighted by molar-refractivity contribution is 7.86. The van der Waals surface area contributed by atoms with Crippen molar-refractivity contribution in [1.29, 1.82) is 0 Å². The third kappa shape index (κ3) is 3.67. The van der Waals surface area contributed by atoms with Gasteiger partial charge in [0, 0.05) is 22.1 Å². The van der Waals surface area contributed by atoms with Crippen LogP contribution in [0, 0.1) is 5.92 Å². The van der Waals surface area contributed by atoms with Gasteiger partial charge in [-0.25, -0.2) is 0 Å². The van der Waals surface area contributed by atoms with Gasteiger partial charge in [-0.05, 0) is 31.2 Å². The minimum Gasteiger partial charge on any atom is -0.323 e. The predicted octanol–water partition coefficient (Wildman–Crippen LogP) is 3.40. The van der Waals surface area contributed by atoms with E-state index in [-0.39, 0.29) is 11.3 Å². The Hall–Kier alpha value is -0.670. The minimum atomic E-state index is -0.827.